The van der Waals surface area contributed by atoms with Gasteiger partial charge in [-0.3, -0.25) is 4.79 Å². The van der Waals surface area contributed by atoms with Gasteiger partial charge in [0, 0.05) is 5.56 Å². The van der Waals surface area contributed by atoms with Crippen molar-refractivity contribution in [2.75, 3.05) is 0 Å². The first-order valence-corrected chi connectivity index (χ1v) is 7.44. The van der Waals surface area contributed by atoms with Crippen molar-refractivity contribution in [1.82, 2.24) is 0 Å². The van der Waals surface area contributed by atoms with Crippen LogP contribution in [-0.4, -0.2) is 12.0 Å². The highest BCUT2D eigenvalue weighted by molar-refractivity contribution is 5.99. The molecule has 0 radical (unpaired) electrons. The van der Waals surface area contributed by atoms with E-state index in [1.54, 1.807) is 24.3 Å². The molecule has 0 amide bonds. The highest BCUT2D eigenvalue weighted by atomic mass is 19.1. The average Bonchev–Trinajstić information content (AvgIpc) is 2.46. The molecule has 2 atom stereocenters. The summed E-state index contributed by atoms with van der Waals surface area (Å²) in [6.07, 6.45) is 4.46. The number of alkyl halides is 1. The number of rotatable bonds is 9. The molecule has 1 rings (SSSR count). The Labute approximate surface area is 116 Å². The summed E-state index contributed by atoms with van der Waals surface area (Å²) in [5, 5.41) is 0. The van der Waals surface area contributed by atoms with E-state index in [4.69, 9.17) is 0 Å². The van der Waals surface area contributed by atoms with Crippen molar-refractivity contribution in [1.29, 1.82) is 0 Å². The third-order valence-electron chi connectivity index (χ3n) is 3.56. The van der Waals surface area contributed by atoms with E-state index in [9.17, 15) is 9.18 Å². The van der Waals surface area contributed by atoms with Crippen molar-refractivity contribution in [3.63, 3.8) is 0 Å². The smallest absolute Gasteiger partial charge is 0.197 e. The summed E-state index contributed by atoms with van der Waals surface area (Å²) in [6, 6.07) is 8.81. The minimum atomic E-state index is -1.35. The van der Waals surface area contributed by atoms with Crippen molar-refractivity contribution < 1.29 is 9.18 Å². The highest BCUT2D eigenvalue weighted by Crippen LogP contribution is 2.24. The first-order chi connectivity index (χ1) is 9.20. The maximum absolute atomic E-state index is 14.4. The van der Waals surface area contributed by atoms with Crippen LogP contribution in [0.3, 0.4) is 0 Å². The molecule has 0 fully saturated rings. The quantitative estimate of drug-likeness (QED) is 0.442. The second kappa shape index (κ2) is 8.84. The molecule has 1 aromatic carbocycles. The molecule has 0 saturated heterocycles. The number of benzene rings is 1. The van der Waals surface area contributed by atoms with Crippen molar-refractivity contribution in [2.45, 2.75) is 58.5 Å². The average molecular weight is 264 g/mol. The molecule has 2 heteroatoms. The predicted octanol–water partition coefficient (Wildman–Crippen LogP) is 5.20. The van der Waals surface area contributed by atoms with E-state index < -0.39 is 6.17 Å². The molecule has 0 saturated carbocycles. The maximum Gasteiger partial charge on any atom is 0.197 e. The van der Waals surface area contributed by atoms with Gasteiger partial charge in [0.05, 0.1) is 0 Å². The lowest BCUT2D eigenvalue weighted by molar-refractivity contribution is 0.0789. The fraction of sp³-hybridized carbons (Fsp3) is 0.588. The summed E-state index contributed by atoms with van der Waals surface area (Å²) in [5.74, 6) is -0.472. The minimum Gasteiger partial charge on any atom is -0.291 e. The molecule has 0 aliphatic rings. The van der Waals surface area contributed by atoms with Gasteiger partial charge in [0.2, 0.25) is 0 Å². The predicted molar refractivity (Wildman–Crippen MR) is 78.2 cm³/mol. The van der Waals surface area contributed by atoms with Gasteiger partial charge in [-0.15, -0.1) is 0 Å². The Bertz CT molecular complexity index is 361. The summed E-state index contributed by atoms with van der Waals surface area (Å²) < 4.78 is 14.4. The lowest BCUT2D eigenvalue weighted by atomic mass is 9.88. The zero-order chi connectivity index (χ0) is 14.1. The highest BCUT2D eigenvalue weighted by Gasteiger charge is 2.27. The Morgan fingerprint density at radius 1 is 1.05 bits per heavy atom. The van der Waals surface area contributed by atoms with Crippen LogP contribution >= 0.6 is 0 Å². The van der Waals surface area contributed by atoms with Crippen molar-refractivity contribution in [2.24, 2.45) is 5.92 Å². The van der Waals surface area contributed by atoms with E-state index in [0.29, 0.717) is 5.56 Å². The fourth-order valence-corrected chi connectivity index (χ4v) is 2.44. The van der Waals surface area contributed by atoms with Crippen LogP contribution in [0.25, 0.3) is 0 Å². The normalized spacial score (nSPS) is 14.1. The topological polar surface area (TPSA) is 17.1 Å². The Balaban J connectivity index is 2.64. The van der Waals surface area contributed by atoms with Crippen molar-refractivity contribution >= 4 is 5.78 Å². The second-order valence-electron chi connectivity index (χ2n) is 5.18. The lowest BCUT2D eigenvalue weighted by Gasteiger charge is -2.19. The van der Waals surface area contributed by atoms with Crippen LogP contribution in [0, 0.1) is 5.92 Å². The van der Waals surface area contributed by atoms with Gasteiger partial charge in [0.25, 0.3) is 0 Å². The van der Waals surface area contributed by atoms with Crippen molar-refractivity contribution in [3.05, 3.63) is 35.9 Å². The van der Waals surface area contributed by atoms with E-state index in [1.165, 1.54) is 0 Å². The molecule has 0 bridgehead atoms. The van der Waals surface area contributed by atoms with E-state index in [0.717, 1.165) is 38.5 Å². The van der Waals surface area contributed by atoms with Gasteiger partial charge in [-0.05, 0) is 18.8 Å². The summed E-state index contributed by atoms with van der Waals surface area (Å²) in [4.78, 5) is 12.1. The largest absolute Gasteiger partial charge is 0.291 e. The fourth-order valence-electron chi connectivity index (χ4n) is 2.44. The molecule has 0 aliphatic heterocycles. The Kier molecular flexibility index (Phi) is 7.39. The number of hydrogen-bond acceptors (Lipinski definition) is 1. The number of carbonyl (C=O) groups excluding carboxylic acids is 1. The number of hydrogen-bond donors (Lipinski definition) is 0. The Morgan fingerprint density at radius 3 is 2.32 bits per heavy atom. The maximum atomic E-state index is 14.4. The molecule has 1 aromatic rings. The molecular formula is C17H25FO. The molecule has 2 unspecified atom stereocenters. The SMILES string of the molecule is CCCCCC(CCC)C(F)C(=O)c1ccccc1. The Morgan fingerprint density at radius 2 is 1.74 bits per heavy atom. The van der Waals surface area contributed by atoms with Gasteiger partial charge in [-0.1, -0.05) is 69.9 Å². The molecule has 0 aromatic heterocycles. The van der Waals surface area contributed by atoms with E-state index >= 15 is 0 Å². The number of ketones is 1. The van der Waals surface area contributed by atoms with Crippen LogP contribution in [0.2, 0.25) is 0 Å². The third-order valence-corrected chi connectivity index (χ3v) is 3.56. The third kappa shape index (κ3) is 5.14. The van der Waals surface area contributed by atoms with E-state index in [-0.39, 0.29) is 11.7 Å². The van der Waals surface area contributed by atoms with Crippen LogP contribution in [-0.2, 0) is 0 Å². The first kappa shape index (κ1) is 15.9. The molecule has 106 valence electrons. The standard InChI is InChI=1S/C17H25FO/c1-3-5-7-11-14(10-4-2)16(18)17(19)15-12-8-6-9-13-15/h6,8-9,12-14,16H,3-5,7,10-11H2,1-2H3. The van der Waals surface area contributed by atoms with Crippen LogP contribution in [0.15, 0.2) is 30.3 Å². The minimum absolute atomic E-state index is 0.121. The van der Waals surface area contributed by atoms with Crippen LogP contribution < -0.4 is 0 Å². The van der Waals surface area contributed by atoms with Crippen molar-refractivity contribution in [3.8, 4) is 0 Å². The van der Waals surface area contributed by atoms with Gasteiger partial charge in [0.15, 0.2) is 12.0 Å². The monoisotopic (exact) mass is 264 g/mol. The van der Waals surface area contributed by atoms with Gasteiger partial charge in [-0.2, -0.15) is 0 Å². The molecule has 0 spiro atoms. The Hall–Kier alpha value is -1.18. The number of carbonyl (C=O) groups is 1. The van der Waals surface area contributed by atoms with E-state index in [2.05, 4.69) is 6.92 Å². The summed E-state index contributed by atoms with van der Waals surface area (Å²) in [7, 11) is 0. The van der Waals surface area contributed by atoms with Gasteiger partial charge in [0.1, 0.15) is 0 Å². The molecule has 19 heavy (non-hydrogen) atoms. The van der Waals surface area contributed by atoms with Crippen LogP contribution in [0.4, 0.5) is 4.39 Å². The number of halogens is 1. The van der Waals surface area contributed by atoms with Gasteiger partial charge < -0.3 is 0 Å². The molecule has 0 N–H and O–H groups in total. The summed E-state index contributed by atoms with van der Waals surface area (Å²) in [6.45, 7) is 4.18. The van der Waals surface area contributed by atoms with Crippen LogP contribution in [0.5, 0.6) is 0 Å². The summed E-state index contributed by atoms with van der Waals surface area (Å²) in [5.41, 5.74) is 0.492. The summed E-state index contributed by atoms with van der Waals surface area (Å²) >= 11 is 0. The first-order valence-electron chi connectivity index (χ1n) is 7.44. The number of Topliss-reactive ketones (excluding diaryl/α,β-unsaturated/α-hetero) is 1. The lowest BCUT2D eigenvalue weighted by Crippen LogP contribution is -2.25. The van der Waals surface area contributed by atoms with Gasteiger partial charge in [-0.25, -0.2) is 4.39 Å². The zero-order valence-corrected chi connectivity index (χ0v) is 12.1. The second-order valence-corrected chi connectivity index (χ2v) is 5.18. The van der Waals surface area contributed by atoms with E-state index in [1.807, 2.05) is 13.0 Å². The molecule has 0 heterocycles. The zero-order valence-electron chi connectivity index (χ0n) is 12.1. The molecule has 1 nitrogen and oxygen atoms in total. The van der Waals surface area contributed by atoms with Gasteiger partial charge >= 0.3 is 0 Å². The molecule has 0 aliphatic carbocycles. The number of unbranched alkanes of at least 4 members (excludes halogenated alkanes) is 2. The van der Waals surface area contributed by atoms with Crippen LogP contribution in [0.1, 0.15) is 62.7 Å². The molecular weight excluding hydrogens is 239 g/mol.